The van der Waals surface area contributed by atoms with Gasteiger partial charge in [0.15, 0.2) is 0 Å². The van der Waals surface area contributed by atoms with Gasteiger partial charge < -0.3 is 13.6 Å². The predicted molar refractivity (Wildman–Crippen MR) is 150 cm³/mol. The molecule has 0 fully saturated rings. The van der Waals surface area contributed by atoms with E-state index in [1.165, 1.54) is 82.6 Å². The highest BCUT2D eigenvalue weighted by molar-refractivity contribution is 7.42. The number of aryl methyl sites for hydroxylation is 1. The maximum absolute atomic E-state index is 6.46. The second-order valence-electron chi connectivity index (χ2n) is 9.86. The van der Waals surface area contributed by atoms with Crippen LogP contribution >= 0.6 is 8.60 Å². The van der Waals surface area contributed by atoms with Gasteiger partial charge in [-0.05, 0) is 49.1 Å². The summed E-state index contributed by atoms with van der Waals surface area (Å²) in [5, 5.41) is 0. The summed E-state index contributed by atoms with van der Waals surface area (Å²) in [5.74, 6) is 2.11. The van der Waals surface area contributed by atoms with Gasteiger partial charge in [0.1, 0.15) is 5.75 Å². The van der Waals surface area contributed by atoms with Crippen molar-refractivity contribution in [2.75, 3.05) is 13.2 Å². The van der Waals surface area contributed by atoms with Crippen LogP contribution in [-0.2, 0) is 15.5 Å². The first-order chi connectivity index (χ1) is 16.7. The van der Waals surface area contributed by atoms with Gasteiger partial charge in [0.05, 0.1) is 13.2 Å². The number of rotatable bonds is 23. The zero-order valence-corrected chi connectivity index (χ0v) is 24.1. The smallest absolute Gasteiger partial charge is 0.397 e. The lowest BCUT2D eigenvalue weighted by Gasteiger charge is -2.23. The minimum Gasteiger partial charge on any atom is -0.426 e. The average molecular weight is 495 g/mol. The van der Waals surface area contributed by atoms with Crippen molar-refractivity contribution in [2.24, 2.45) is 11.8 Å². The van der Waals surface area contributed by atoms with Crippen molar-refractivity contribution in [3.8, 4) is 5.75 Å². The molecular formula is C30H55O3P. The summed E-state index contributed by atoms with van der Waals surface area (Å²) < 4.78 is 19.1. The molecule has 1 aromatic rings. The highest BCUT2D eigenvalue weighted by atomic mass is 31.2. The van der Waals surface area contributed by atoms with Crippen LogP contribution in [0, 0.1) is 11.8 Å². The molecule has 0 aromatic heterocycles. The Morgan fingerprint density at radius 1 is 0.647 bits per heavy atom. The van der Waals surface area contributed by atoms with E-state index in [-0.39, 0.29) is 0 Å². The minimum atomic E-state index is -1.39. The van der Waals surface area contributed by atoms with Crippen LogP contribution in [0.4, 0.5) is 0 Å². The van der Waals surface area contributed by atoms with Gasteiger partial charge in [0.25, 0.3) is 0 Å². The average Bonchev–Trinajstić information content (AvgIpc) is 2.86. The first kappa shape index (κ1) is 31.4. The zero-order valence-electron chi connectivity index (χ0n) is 23.2. The van der Waals surface area contributed by atoms with Crippen LogP contribution in [0.5, 0.6) is 5.75 Å². The van der Waals surface area contributed by atoms with Gasteiger partial charge in [-0.3, -0.25) is 0 Å². The SMILES string of the molecule is CCCCCCCCc1ccccc1OP(OCC(CC)CCCC)OCC(CC)CCCC. The molecule has 0 N–H and O–H groups in total. The van der Waals surface area contributed by atoms with Crippen molar-refractivity contribution in [3.05, 3.63) is 29.8 Å². The summed E-state index contributed by atoms with van der Waals surface area (Å²) in [7, 11) is -1.39. The van der Waals surface area contributed by atoms with E-state index in [2.05, 4.69) is 58.9 Å². The molecule has 0 saturated heterocycles. The van der Waals surface area contributed by atoms with Crippen molar-refractivity contribution < 1.29 is 13.6 Å². The number of para-hydroxylation sites is 1. The van der Waals surface area contributed by atoms with Gasteiger partial charge in [-0.15, -0.1) is 0 Å². The van der Waals surface area contributed by atoms with E-state index in [9.17, 15) is 0 Å². The van der Waals surface area contributed by atoms with E-state index in [1.807, 2.05) is 0 Å². The zero-order chi connectivity index (χ0) is 24.9. The fourth-order valence-corrected chi connectivity index (χ4v) is 5.38. The Bertz CT molecular complexity index is 560. The fraction of sp³-hybridized carbons (Fsp3) is 0.800. The topological polar surface area (TPSA) is 27.7 Å². The molecule has 0 amide bonds. The summed E-state index contributed by atoms with van der Waals surface area (Å²) in [5.41, 5.74) is 1.29. The van der Waals surface area contributed by atoms with Crippen molar-refractivity contribution >= 4 is 8.60 Å². The quantitative estimate of drug-likeness (QED) is 0.112. The maximum atomic E-state index is 6.46. The molecule has 0 bridgehead atoms. The molecule has 1 rings (SSSR count). The summed E-state index contributed by atoms with van der Waals surface area (Å²) in [4.78, 5) is 0. The largest absolute Gasteiger partial charge is 0.426 e. The lowest BCUT2D eigenvalue weighted by Crippen LogP contribution is -2.12. The van der Waals surface area contributed by atoms with Crippen LogP contribution in [0.15, 0.2) is 24.3 Å². The van der Waals surface area contributed by atoms with E-state index in [4.69, 9.17) is 13.6 Å². The van der Waals surface area contributed by atoms with Crippen LogP contribution in [0.1, 0.15) is 130 Å². The molecule has 0 radical (unpaired) electrons. The second kappa shape index (κ2) is 21.6. The van der Waals surface area contributed by atoms with E-state index in [0.717, 1.165) is 38.2 Å². The molecule has 2 atom stereocenters. The molecule has 3 nitrogen and oxygen atoms in total. The van der Waals surface area contributed by atoms with Crippen molar-refractivity contribution in [1.29, 1.82) is 0 Å². The molecule has 198 valence electrons. The Balaban J connectivity index is 2.74. The van der Waals surface area contributed by atoms with Crippen molar-refractivity contribution in [1.82, 2.24) is 0 Å². The Labute approximate surface area is 213 Å². The molecule has 0 aliphatic rings. The van der Waals surface area contributed by atoms with Gasteiger partial charge in [0, 0.05) is 0 Å². The third kappa shape index (κ3) is 14.7. The Morgan fingerprint density at radius 2 is 1.18 bits per heavy atom. The monoisotopic (exact) mass is 494 g/mol. The molecule has 0 aliphatic heterocycles. The van der Waals surface area contributed by atoms with Gasteiger partial charge in [-0.1, -0.05) is 123 Å². The minimum absolute atomic E-state index is 0.581. The molecule has 0 heterocycles. The molecule has 1 aromatic carbocycles. The second-order valence-corrected chi connectivity index (χ2v) is 11.0. The molecule has 4 heteroatoms. The number of hydrogen-bond acceptors (Lipinski definition) is 3. The Morgan fingerprint density at radius 3 is 1.74 bits per heavy atom. The Hall–Kier alpha value is -0.630. The maximum Gasteiger partial charge on any atom is 0.397 e. The van der Waals surface area contributed by atoms with Gasteiger partial charge in [-0.2, -0.15) is 0 Å². The van der Waals surface area contributed by atoms with Crippen LogP contribution in [0.2, 0.25) is 0 Å². The van der Waals surface area contributed by atoms with Gasteiger partial charge >= 0.3 is 8.60 Å². The molecule has 34 heavy (non-hydrogen) atoms. The summed E-state index contributed by atoms with van der Waals surface area (Å²) >= 11 is 0. The van der Waals surface area contributed by atoms with E-state index in [0.29, 0.717) is 11.8 Å². The van der Waals surface area contributed by atoms with Crippen LogP contribution < -0.4 is 4.52 Å². The Kier molecular flexibility index (Phi) is 20.0. The first-order valence-electron chi connectivity index (χ1n) is 14.5. The molecular weight excluding hydrogens is 439 g/mol. The third-order valence-electron chi connectivity index (χ3n) is 6.86. The molecule has 0 spiro atoms. The van der Waals surface area contributed by atoms with Crippen molar-refractivity contribution in [2.45, 2.75) is 131 Å². The molecule has 0 saturated carbocycles. The number of unbranched alkanes of at least 4 members (excludes halogenated alkanes) is 7. The summed E-state index contributed by atoms with van der Waals surface area (Å²) in [6.45, 7) is 12.8. The highest BCUT2D eigenvalue weighted by Gasteiger charge is 2.21. The fourth-order valence-electron chi connectivity index (χ4n) is 4.19. The van der Waals surface area contributed by atoms with Gasteiger partial charge in [0.2, 0.25) is 0 Å². The highest BCUT2D eigenvalue weighted by Crippen LogP contribution is 2.43. The van der Waals surface area contributed by atoms with E-state index in [1.54, 1.807) is 0 Å². The van der Waals surface area contributed by atoms with E-state index >= 15 is 0 Å². The van der Waals surface area contributed by atoms with E-state index < -0.39 is 8.60 Å². The number of hydrogen-bond donors (Lipinski definition) is 0. The first-order valence-corrected chi connectivity index (χ1v) is 15.6. The lowest BCUT2D eigenvalue weighted by atomic mass is 10.0. The predicted octanol–water partition coefficient (Wildman–Crippen LogP) is 10.7. The summed E-state index contributed by atoms with van der Waals surface area (Å²) in [6, 6.07) is 8.50. The standard InChI is InChI=1S/C30H55O3P/c1-6-11-14-15-16-17-22-29-23-18-19-24-30(29)33-34(31-25-27(9-4)20-12-7-2)32-26-28(10-5)21-13-8-3/h18-19,23-24,27-28H,6-17,20-22,25-26H2,1-5H3. The molecule has 2 unspecified atom stereocenters. The van der Waals surface area contributed by atoms with Crippen molar-refractivity contribution in [3.63, 3.8) is 0 Å². The molecule has 0 aliphatic carbocycles. The summed E-state index contributed by atoms with van der Waals surface area (Å²) in [6.07, 6.45) is 18.6. The lowest BCUT2D eigenvalue weighted by molar-refractivity contribution is 0.152. The third-order valence-corrected chi connectivity index (χ3v) is 7.93. The van der Waals surface area contributed by atoms with Gasteiger partial charge in [-0.25, -0.2) is 0 Å². The van der Waals surface area contributed by atoms with Crippen LogP contribution in [-0.4, -0.2) is 13.2 Å². The van der Waals surface area contributed by atoms with Crippen LogP contribution in [0.3, 0.4) is 0 Å². The number of benzene rings is 1. The van der Waals surface area contributed by atoms with Crippen LogP contribution in [0.25, 0.3) is 0 Å². The normalized spacial score (nSPS) is 14.1.